The fourth-order valence-corrected chi connectivity index (χ4v) is 0.896. The first-order chi connectivity index (χ1) is 6.32. The number of nitro benzene ring substituents is 1. The predicted octanol–water partition coefficient (Wildman–Crippen LogP) is 1.79. The van der Waals surface area contributed by atoms with E-state index < -0.39 is 28.9 Å². The molecule has 0 amide bonds. The maximum Gasteiger partial charge on any atom is 0.512 e. The Balaban J connectivity index is 3.29. The van der Waals surface area contributed by atoms with Crippen LogP contribution in [0.15, 0.2) is 18.2 Å². The number of non-ortho nitro benzene ring substituents is 1. The van der Waals surface area contributed by atoms with Crippen molar-refractivity contribution in [1.29, 1.82) is 0 Å². The SMILES string of the molecule is O=[N+]([O-])c1ccc(F)c([B-](F)(F)F)c1. The number of hydrogen-bond acceptors (Lipinski definition) is 2. The third kappa shape index (κ3) is 2.01. The van der Waals surface area contributed by atoms with Gasteiger partial charge in [0.1, 0.15) is 0 Å². The van der Waals surface area contributed by atoms with Crippen molar-refractivity contribution >= 4 is 18.1 Å². The second-order valence-electron chi connectivity index (χ2n) is 2.54. The maximum absolute atomic E-state index is 12.6. The summed E-state index contributed by atoms with van der Waals surface area (Å²) in [7, 11) is 0. The van der Waals surface area contributed by atoms with Gasteiger partial charge in [0.2, 0.25) is 0 Å². The molecule has 0 radical (unpaired) electrons. The highest BCUT2D eigenvalue weighted by Crippen LogP contribution is 2.16. The molecule has 0 aliphatic rings. The van der Waals surface area contributed by atoms with Gasteiger partial charge in [0.05, 0.1) is 10.7 Å². The van der Waals surface area contributed by atoms with E-state index in [1.54, 1.807) is 0 Å². The Bertz CT molecular complexity index is 379. The Morgan fingerprint density at radius 3 is 2.29 bits per heavy atom. The fraction of sp³-hybridized carbons (Fsp3) is 0. The molecule has 0 saturated carbocycles. The van der Waals surface area contributed by atoms with E-state index in [2.05, 4.69) is 0 Å². The molecule has 0 aliphatic heterocycles. The summed E-state index contributed by atoms with van der Waals surface area (Å²) in [6.07, 6.45) is 0. The smallest absolute Gasteiger partial charge is 0.445 e. The van der Waals surface area contributed by atoms with Gasteiger partial charge in [-0.15, -0.1) is 0 Å². The second-order valence-corrected chi connectivity index (χ2v) is 2.54. The van der Waals surface area contributed by atoms with Crippen LogP contribution in [0.3, 0.4) is 0 Å². The summed E-state index contributed by atoms with van der Waals surface area (Å²) in [4.78, 5) is 9.10. The van der Waals surface area contributed by atoms with E-state index in [-0.39, 0.29) is 6.07 Å². The minimum atomic E-state index is -5.56. The zero-order valence-electron chi connectivity index (χ0n) is 6.58. The van der Waals surface area contributed by atoms with Gasteiger partial charge in [-0.05, 0) is 12.1 Å². The molecule has 0 spiro atoms. The number of rotatable bonds is 2. The lowest BCUT2D eigenvalue weighted by Gasteiger charge is -2.14. The Kier molecular flexibility index (Phi) is 2.46. The van der Waals surface area contributed by atoms with Crippen molar-refractivity contribution in [3.05, 3.63) is 34.1 Å². The summed E-state index contributed by atoms with van der Waals surface area (Å²) in [6, 6.07) is 1.30. The molecular formula is C6H3BF4NO2-. The van der Waals surface area contributed by atoms with Gasteiger partial charge in [-0.25, -0.2) is 4.39 Å². The zero-order chi connectivity index (χ0) is 10.9. The van der Waals surface area contributed by atoms with Crippen molar-refractivity contribution in [3.8, 4) is 0 Å². The highest BCUT2D eigenvalue weighted by molar-refractivity contribution is 6.73. The van der Waals surface area contributed by atoms with Gasteiger partial charge in [0.15, 0.2) is 0 Å². The Hall–Kier alpha value is -1.60. The molecule has 1 aromatic carbocycles. The normalized spacial score (nSPS) is 11.4. The van der Waals surface area contributed by atoms with Crippen LogP contribution >= 0.6 is 0 Å². The van der Waals surface area contributed by atoms with Crippen LogP contribution in [0.25, 0.3) is 0 Å². The van der Waals surface area contributed by atoms with Crippen LogP contribution in [0, 0.1) is 15.9 Å². The largest absolute Gasteiger partial charge is 0.512 e. The van der Waals surface area contributed by atoms with Crippen molar-refractivity contribution in [2.24, 2.45) is 0 Å². The average molecular weight is 208 g/mol. The standard InChI is InChI=1S/C6H3BF4NO2/c8-6-2-1-4(12(13)14)3-5(6)7(9,10)11/h1-3H/q-1. The number of benzene rings is 1. The zero-order valence-corrected chi connectivity index (χ0v) is 6.58. The molecule has 1 aromatic rings. The molecule has 0 atom stereocenters. The van der Waals surface area contributed by atoms with Crippen LogP contribution < -0.4 is 5.46 Å². The Morgan fingerprint density at radius 1 is 1.29 bits per heavy atom. The Morgan fingerprint density at radius 2 is 1.86 bits per heavy atom. The van der Waals surface area contributed by atoms with Gasteiger partial charge in [-0.2, -0.15) is 0 Å². The van der Waals surface area contributed by atoms with E-state index in [1.165, 1.54) is 0 Å². The topological polar surface area (TPSA) is 43.1 Å². The first kappa shape index (κ1) is 10.5. The summed E-state index contributed by atoms with van der Waals surface area (Å²) < 4.78 is 48.9. The molecule has 0 heterocycles. The number of halogens is 4. The van der Waals surface area contributed by atoms with Gasteiger partial charge < -0.3 is 12.9 Å². The van der Waals surface area contributed by atoms with Crippen molar-refractivity contribution in [3.63, 3.8) is 0 Å². The summed E-state index contributed by atoms with van der Waals surface area (Å²) >= 11 is 0. The minimum absolute atomic E-state index is 0.190. The molecule has 1 rings (SSSR count). The number of hydrogen-bond donors (Lipinski definition) is 0. The second kappa shape index (κ2) is 3.28. The van der Waals surface area contributed by atoms with E-state index in [0.29, 0.717) is 12.1 Å². The lowest BCUT2D eigenvalue weighted by Crippen LogP contribution is -2.36. The van der Waals surface area contributed by atoms with Crippen molar-refractivity contribution in [2.75, 3.05) is 0 Å². The van der Waals surface area contributed by atoms with E-state index >= 15 is 0 Å². The molecule has 14 heavy (non-hydrogen) atoms. The Labute approximate surface area is 75.6 Å². The van der Waals surface area contributed by atoms with Gasteiger partial charge in [-0.1, -0.05) is 5.46 Å². The molecule has 76 valence electrons. The predicted molar refractivity (Wildman–Crippen MR) is 41.8 cm³/mol. The van der Waals surface area contributed by atoms with Gasteiger partial charge in [0, 0.05) is 6.07 Å². The van der Waals surface area contributed by atoms with Gasteiger partial charge in [0.25, 0.3) is 5.69 Å². The maximum atomic E-state index is 12.6. The van der Waals surface area contributed by atoms with Crippen LogP contribution in [0.5, 0.6) is 0 Å². The van der Waals surface area contributed by atoms with Crippen molar-refractivity contribution in [2.45, 2.75) is 0 Å². The molecule has 0 aromatic heterocycles. The molecular weight excluding hydrogens is 205 g/mol. The third-order valence-corrected chi connectivity index (χ3v) is 1.54. The molecule has 0 bridgehead atoms. The first-order valence-electron chi connectivity index (χ1n) is 3.46. The van der Waals surface area contributed by atoms with Crippen LogP contribution in [-0.2, 0) is 0 Å². The van der Waals surface area contributed by atoms with Crippen molar-refractivity contribution in [1.82, 2.24) is 0 Å². The number of nitrogens with zero attached hydrogens (tertiary/aromatic N) is 1. The minimum Gasteiger partial charge on any atom is -0.445 e. The quantitative estimate of drug-likeness (QED) is 0.321. The monoisotopic (exact) mass is 208 g/mol. The van der Waals surface area contributed by atoms with Crippen LogP contribution in [0.2, 0.25) is 0 Å². The molecule has 3 nitrogen and oxygen atoms in total. The van der Waals surface area contributed by atoms with Crippen LogP contribution in [-0.4, -0.2) is 11.9 Å². The molecule has 8 heteroatoms. The summed E-state index contributed by atoms with van der Waals surface area (Å²) in [5, 5.41) is 10.1. The average Bonchev–Trinajstić information content (AvgIpc) is 2.02. The molecule has 0 aliphatic carbocycles. The van der Waals surface area contributed by atoms with Gasteiger partial charge >= 0.3 is 6.98 Å². The molecule has 0 saturated heterocycles. The summed E-state index contributed by atoms with van der Waals surface area (Å²) in [5.74, 6) is -1.50. The van der Waals surface area contributed by atoms with E-state index in [9.17, 15) is 27.5 Å². The van der Waals surface area contributed by atoms with Crippen LogP contribution in [0.4, 0.5) is 23.0 Å². The van der Waals surface area contributed by atoms with E-state index in [1.807, 2.05) is 0 Å². The lowest BCUT2D eigenvalue weighted by molar-refractivity contribution is -0.384. The third-order valence-electron chi connectivity index (χ3n) is 1.54. The van der Waals surface area contributed by atoms with Crippen molar-refractivity contribution < 1.29 is 22.3 Å². The molecule has 0 unspecified atom stereocenters. The summed E-state index contributed by atoms with van der Waals surface area (Å²) in [5.41, 5.74) is -2.35. The first-order valence-corrected chi connectivity index (χ1v) is 3.46. The van der Waals surface area contributed by atoms with E-state index in [4.69, 9.17) is 0 Å². The van der Waals surface area contributed by atoms with Crippen LogP contribution in [0.1, 0.15) is 0 Å². The highest BCUT2D eigenvalue weighted by atomic mass is 19.4. The summed E-state index contributed by atoms with van der Waals surface area (Å²) in [6.45, 7) is -5.56. The van der Waals surface area contributed by atoms with Gasteiger partial charge in [-0.3, -0.25) is 10.1 Å². The number of nitro groups is 1. The fourth-order valence-electron chi connectivity index (χ4n) is 0.896. The highest BCUT2D eigenvalue weighted by Gasteiger charge is 2.30. The molecule has 0 fully saturated rings. The molecule has 0 N–H and O–H groups in total. The van der Waals surface area contributed by atoms with E-state index in [0.717, 1.165) is 0 Å². The lowest BCUT2D eigenvalue weighted by atomic mass is 9.79.